The summed E-state index contributed by atoms with van der Waals surface area (Å²) in [6.07, 6.45) is 11.4. The van der Waals surface area contributed by atoms with Crippen molar-refractivity contribution < 1.29 is 9.15 Å². The molecule has 4 heteroatoms. The van der Waals surface area contributed by atoms with Crippen LogP contribution in [0.15, 0.2) is 222 Å². The zero-order valence-corrected chi connectivity index (χ0v) is 34.9. The highest BCUT2D eigenvalue weighted by atomic mass is 16.5. The smallest absolute Gasteiger partial charge is 0.159 e. The van der Waals surface area contributed by atoms with Crippen molar-refractivity contribution >= 4 is 99.2 Å². The Labute approximate surface area is 370 Å². The van der Waals surface area contributed by atoms with Crippen LogP contribution in [-0.4, -0.2) is 6.10 Å². The molecule has 302 valence electrons. The summed E-state index contributed by atoms with van der Waals surface area (Å²) >= 11 is 0. The van der Waals surface area contributed by atoms with E-state index in [1.54, 1.807) is 0 Å². The largest absolute Gasteiger partial charge is 0.483 e. The molecule has 1 aliphatic heterocycles. The molecule has 1 aromatic heterocycles. The molecule has 14 rings (SSSR count). The Kier molecular flexibility index (Phi) is 7.61. The second kappa shape index (κ2) is 13.7. The normalized spacial score (nSPS) is 16.6. The Morgan fingerprint density at radius 1 is 0.453 bits per heavy atom. The number of fused-ring (bicyclic) bond motifs is 9. The number of nitrogens with zero attached hydrogens (tertiary/aromatic N) is 2. The molecule has 0 N–H and O–H groups in total. The van der Waals surface area contributed by atoms with Crippen LogP contribution in [0.2, 0.25) is 0 Å². The van der Waals surface area contributed by atoms with Crippen LogP contribution in [0, 0.1) is 0 Å². The minimum Gasteiger partial charge on any atom is -0.483 e. The molecule has 11 aromatic rings. The molecule has 2 atom stereocenters. The van der Waals surface area contributed by atoms with Crippen molar-refractivity contribution in [1.29, 1.82) is 0 Å². The number of benzene rings is 10. The van der Waals surface area contributed by atoms with Gasteiger partial charge in [0.1, 0.15) is 17.4 Å². The van der Waals surface area contributed by atoms with Crippen molar-refractivity contribution in [2.45, 2.75) is 24.9 Å². The average molecular weight is 821 g/mol. The second-order valence-corrected chi connectivity index (χ2v) is 17.4. The predicted octanol–water partition coefficient (Wildman–Crippen LogP) is 16.6. The molecular weight excluding hydrogens is 781 g/mol. The van der Waals surface area contributed by atoms with Crippen molar-refractivity contribution in [3.8, 4) is 5.75 Å². The number of allylic oxidation sites excluding steroid dienone is 4. The SMILES string of the molecule is C1=CC2=C(C=CC3Oc4c(cccc4N(c4ccccc4)c4ccc5ccc6c(N(c7ccccc7)c7cccc8c7oc7ccc9ccccc9c78)ccc7ccc4c5c76)C23)CC1. The van der Waals surface area contributed by atoms with Crippen molar-refractivity contribution in [1.82, 2.24) is 0 Å². The van der Waals surface area contributed by atoms with Gasteiger partial charge in [-0.25, -0.2) is 0 Å². The first-order valence-corrected chi connectivity index (χ1v) is 22.4. The topological polar surface area (TPSA) is 28.9 Å². The Morgan fingerprint density at radius 3 is 1.83 bits per heavy atom. The van der Waals surface area contributed by atoms with Crippen LogP contribution in [0.4, 0.5) is 34.1 Å². The number of hydrogen-bond donors (Lipinski definition) is 0. The van der Waals surface area contributed by atoms with E-state index in [0.717, 1.165) is 74.7 Å². The van der Waals surface area contributed by atoms with Gasteiger partial charge >= 0.3 is 0 Å². The van der Waals surface area contributed by atoms with Crippen molar-refractivity contribution in [3.63, 3.8) is 0 Å². The summed E-state index contributed by atoms with van der Waals surface area (Å²) in [5.74, 6) is 1.14. The predicted molar refractivity (Wildman–Crippen MR) is 266 cm³/mol. The lowest BCUT2D eigenvalue weighted by Crippen LogP contribution is -2.22. The highest BCUT2D eigenvalue weighted by Gasteiger charge is 2.40. The molecule has 0 fully saturated rings. The number of hydrogen-bond acceptors (Lipinski definition) is 4. The van der Waals surface area contributed by atoms with Gasteiger partial charge in [0.2, 0.25) is 0 Å². The summed E-state index contributed by atoms with van der Waals surface area (Å²) in [7, 11) is 0. The molecule has 64 heavy (non-hydrogen) atoms. The van der Waals surface area contributed by atoms with Crippen LogP contribution < -0.4 is 14.5 Å². The molecule has 0 spiro atoms. The minimum absolute atomic E-state index is 0.0348. The molecule has 0 saturated carbocycles. The summed E-state index contributed by atoms with van der Waals surface area (Å²) in [5, 5.41) is 11.9. The molecule has 2 aliphatic carbocycles. The van der Waals surface area contributed by atoms with Gasteiger partial charge in [-0.1, -0.05) is 146 Å². The number of furan rings is 1. The monoisotopic (exact) mass is 820 g/mol. The molecule has 0 bridgehead atoms. The molecule has 0 saturated heterocycles. The summed E-state index contributed by atoms with van der Waals surface area (Å²) in [5.41, 5.74) is 12.2. The van der Waals surface area contributed by atoms with E-state index >= 15 is 0 Å². The van der Waals surface area contributed by atoms with Crippen molar-refractivity contribution in [2.24, 2.45) is 0 Å². The van der Waals surface area contributed by atoms with Gasteiger partial charge in [-0.05, 0) is 117 Å². The molecule has 10 aromatic carbocycles. The Bertz CT molecular complexity index is 3790. The van der Waals surface area contributed by atoms with E-state index in [-0.39, 0.29) is 12.0 Å². The van der Waals surface area contributed by atoms with Gasteiger partial charge in [0.15, 0.2) is 5.58 Å². The van der Waals surface area contributed by atoms with Gasteiger partial charge in [0.25, 0.3) is 0 Å². The lowest BCUT2D eigenvalue weighted by atomic mass is 9.78. The highest BCUT2D eigenvalue weighted by Crippen LogP contribution is 2.55. The lowest BCUT2D eigenvalue weighted by molar-refractivity contribution is 0.266. The maximum atomic E-state index is 7.03. The fourth-order valence-corrected chi connectivity index (χ4v) is 11.2. The molecule has 0 radical (unpaired) electrons. The molecule has 3 aliphatic rings. The fourth-order valence-electron chi connectivity index (χ4n) is 11.2. The van der Waals surface area contributed by atoms with Crippen LogP contribution in [-0.2, 0) is 0 Å². The van der Waals surface area contributed by atoms with Gasteiger partial charge < -0.3 is 19.0 Å². The fraction of sp³-hybridized carbons (Fsp3) is 0.0667. The molecule has 0 amide bonds. The summed E-state index contributed by atoms with van der Waals surface area (Å²) in [6, 6.07) is 66.0. The van der Waals surface area contributed by atoms with Gasteiger partial charge in [-0.15, -0.1) is 0 Å². The van der Waals surface area contributed by atoms with E-state index in [4.69, 9.17) is 9.15 Å². The van der Waals surface area contributed by atoms with E-state index in [1.807, 2.05) is 0 Å². The van der Waals surface area contributed by atoms with Crippen LogP contribution in [0.25, 0.3) is 65.0 Å². The Morgan fingerprint density at radius 2 is 1.08 bits per heavy atom. The number of ether oxygens (including phenoxy) is 1. The average Bonchev–Trinajstić information content (AvgIpc) is 3.95. The van der Waals surface area contributed by atoms with Gasteiger partial charge in [0, 0.05) is 38.5 Å². The third kappa shape index (κ3) is 5.11. The van der Waals surface area contributed by atoms with E-state index in [9.17, 15) is 0 Å². The first kappa shape index (κ1) is 35.5. The van der Waals surface area contributed by atoms with Crippen LogP contribution in [0.5, 0.6) is 5.75 Å². The zero-order valence-electron chi connectivity index (χ0n) is 34.9. The van der Waals surface area contributed by atoms with Crippen LogP contribution in [0.3, 0.4) is 0 Å². The van der Waals surface area contributed by atoms with Gasteiger partial charge in [-0.3, -0.25) is 0 Å². The van der Waals surface area contributed by atoms with Gasteiger partial charge in [0.05, 0.1) is 28.7 Å². The zero-order chi connectivity index (χ0) is 41.9. The van der Waals surface area contributed by atoms with E-state index < -0.39 is 0 Å². The Hall–Kier alpha value is -8.08. The maximum Gasteiger partial charge on any atom is 0.159 e. The number of rotatable bonds is 6. The molecular formula is C60H40N2O2. The maximum absolute atomic E-state index is 7.03. The summed E-state index contributed by atoms with van der Waals surface area (Å²) < 4.78 is 13.9. The minimum atomic E-state index is -0.0348. The lowest BCUT2D eigenvalue weighted by Gasteiger charge is -2.30. The first-order chi connectivity index (χ1) is 31.8. The highest BCUT2D eigenvalue weighted by molar-refractivity contribution is 6.29. The van der Waals surface area contributed by atoms with E-state index in [0.29, 0.717) is 0 Å². The number of anilines is 6. The third-order valence-corrected chi connectivity index (χ3v) is 14.0. The van der Waals surface area contributed by atoms with Crippen LogP contribution >= 0.6 is 0 Å². The molecule has 2 heterocycles. The Balaban J connectivity index is 0.992. The van der Waals surface area contributed by atoms with Crippen molar-refractivity contribution in [3.05, 3.63) is 223 Å². The van der Waals surface area contributed by atoms with Crippen LogP contribution in [0.1, 0.15) is 24.3 Å². The first-order valence-electron chi connectivity index (χ1n) is 22.4. The third-order valence-electron chi connectivity index (χ3n) is 14.0. The molecule has 2 unspecified atom stereocenters. The van der Waals surface area contributed by atoms with E-state index in [2.05, 4.69) is 216 Å². The summed E-state index contributed by atoms with van der Waals surface area (Å²) in [4.78, 5) is 4.80. The standard InChI is InChI=1S/C60H40N2O2/c1-3-15-41(16-4-1)61(51-23-11-21-47-57-43-19-9-7-13-37(43)29-35-53(57)63-59(47)51)49-33-27-39-26-32-46-50(34-28-40-25-31-45(49)55(39)56(40)46)62(42-17-5-2-6-18-42)52-24-12-22-48-58-44-20-10-8-14-38(44)30-36-54(58)64-60(48)52/h1-7,9-13,15-36,54,58H,8,14H2. The van der Waals surface area contributed by atoms with Gasteiger partial charge in [-0.2, -0.15) is 0 Å². The summed E-state index contributed by atoms with van der Waals surface area (Å²) in [6.45, 7) is 0. The van der Waals surface area contributed by atoms with E-state index in [1.165, 1.54) is 59.8 Å². The second-order valence-electron chi connectivity index (χ2n) is 17.4. The number of para-hydroxylation sites is 4. The molecule has 4 nitrogen and oxygen atoms in total. The van der Waals surface area contributed by atoms with Crippen molar-refractivity contribution in [2.75, 3.05) is 9.80 Å². The quantitative estimate of drug-likeness (QED) is 0.156.